The quantitative estimate of drug-likeness (QED) is 0.662. The fourth-order valence-electron chi connectivity index (χ4n) is 3.83. The Morgan fingerprint density at radius 2 is 1.66 bits per heavy atom. The first kappa shape index (κ1) is 21.8. The molecule has 0 saturated carbocycles. The zero-order valence-corrected chi connectivity index (χ0v) is 18.5. The molecule has 0 unspecified atom stereocenters. The van der Waals surface area contributed by atoms with Crippen molar-refractivity contribution in [1.82, 2.24) is 24.5 Å². The van der Waals surface area contributed by atoms with Crippen molar-refractivity contribution in [3.05, 3.63) is 52.3 Å². The number of benzene rings is 1. The minimum absolute atomic E-state index is 0.226. The number of nitrogens with zero attached hydrogens (tertiary/aromatic N) is 5. The van der Waals surface area contributed by atoms with Crippen LogP contribution in [-0.4, -0.2) is 76.2 Å². The number of rotatable bonds is 8. The Labute approximate surface area is 179 Å². The molecule has 1 amide bonds. The van der Waals surface area contributed by atoms with E-state index in [1.807, 2.05) is 48.6 Å². The van der Waals surface area contributed by atoms with Crippen molar-refractivity contribution in [2.45, 2.75) is 33.9 Å². The predicted octanol–water partition coefficient (Wildman–Crippen LogP) is 2.88. The zero-order chi connectivity index (χ0) is 20.8. The monoisotopic (exact) mass is 417 g/mol. The van der Waals surface area contributed by atoms with E-state index in [-0.39, 0.29) is 5.91 Å². The van der Waals surface area contributed by atoms with Crippen LogP contribution in [0.3, 0.4) is 0 Å². The van der Waals surface area contributed by atoms with Gasteiger partial charge in [-0.2, -0.15) is 5.10 Å². The first-order valence-corrected chi connectivity index (χ1v) is 10.9. The van der Waals surface area contributed by atoms with Gasteiger partial charge in [-0.3, -0.25) is 14.6 Å². The molecular formula is C22H32ClN5O. The second-order valence-corrected chi connectivity index (χ2v) is 7.97. The molecule has 1 fully saturated rings. The highest BCUT2D eigenvalue weighted by molar-refractivity contribution is 6.30. The van der Waals surface area contributed by atoms with E-state index in [9.17, 15) is 4.79 Å². The minimum atomic E-state index is 0.226. The summed E-state index contributed by atoms with van der Waals surface area (Å²) in [5.74, 6) is 0.226. The zero-order valence-electron chi connectivity index (χ0n) is 17.8. The van der Waals surface area contributed by atoms with Crippen LogP contribution in [0.4, 0.5) is 0 Å². The van der Waals surface area contributed by atoms with Crippen LogP contribution in [0.2, 0.25) is 5.15 Å². The highest BCUT2D eigenvalue weighted by Gasteiger charge is 2.23. The molecular weight excluding hydrogens is 386 g/mol. The number of hydrogen-bond acceptors (Lipinski definition) is 4. The average molecular weight is 418 g/mol. The highest BCUT2D eigenvalue weighted by Crippen LogP contribution is 2.23. The summed E-state index contributed by atoms with van der Waals surface area (Å²) in [6.45, 7) is 13.3. The summed E-state index contributed by atoms with van der Waals surface area (Å²) in [6, 6.07) is 10.3. The molecule has 0 N–H and O–H groups in total. The molecule has 1 aromatic carbocycles. The summed E-state index contributed by atoms with van der Waals surface area (Å²) in [5.41, 5.74) is 3.29. The molecule has 6 nitrogen and oxygen atoms in total. The molecule has 1 aliphatic heterocycles. The molecule has 1 aliphatic rings. The van der Waals surface area contributed by atoms with Gasteiger partial charge in [0.15, 0.2) is 0 Å². The lowest BCUT2D eigenvalue weighted by Crippen LogP contribution is -2.49. The lowest BCUT2D eigenvalue weighted by atomic mass is 10.2. The molecule has 29 heavy (non-hydrogen) atoms. The van der Waals surface area contributed by atoms with Gasteiger partial charge in [0.2, 0.25) is 5.91 Å². The maximum atomic E-state index is 12.3. The molecule has 2 heterocycles. The molecule has 1 saturated heterocycles. The van der Waals surface area contributed by atoms with Gasteiger partial charge in [-0.15, -0.1) is 0 Å². The van der Waals surface area contributed by atoms with E-state index in [1.165, 1.54) is 5.56 Å². The number of piperazine rings is 1. The van der Waals surface area contributed by atoms with Crippen LogP contribution >= 0.6 is 11.6 Å². The van der Waals surface area contributed by atoms with Crippen molar-refractivity contribution < 1.29 is 4.79 Å². The number of halogens is 1. The van der Waals surface area contributed by atoms with Crippen LogP contribution in [0.5, 0.6) is 0 Å². The van der Waals surface area contributed by atoms with Gasteiger partial charge >= 0.3 is 0 Å². The van der Waals surface area contributed by atoms with Crippen LogP contribution in [0, 0.1) is 6.92 Å². The topological polar surface area (TPSA) is 44.6 Å². The number of aryl methyl sites for hydroxylation is 1. The molecule has 1 aromatic heterocycles. The molecule has 0 spiro atoms. The third-order valence-electron chi connectivity index (χ3n) is 5.68. The van der Waals surface area contributed by atoms with Crippen molar-refractivity contribution in [3.63, 3.8) is 0 Å². The van der Waals surface area contributed by atoms with E-state index in [4.69, 9.17) is 11.6 Å². The summed E-state index contributed by atoms with van der Waals surface area (Å²) < 4.78 is 1.89. The molecule has 0 aliphatic carbocycles. The Bertz CT molecular complexity index is 795. The van der Waals surface area contributed by atoms with Crippen molar-refractivity contribution in [1.29, 1.82) is 0 Å². The van der Waals surface area contributed by atoms with E-state index >= 15 is 0 Å². The maximum absolute atomic E-state index is 12.3. The summed E-state index contributed by atoms with van der Waals surface area (Å²) in [6.07, 6.45) is 0. The normalized spacial score (nSPS) is 15.6. The molecule has 0 atom stereocenters. The summed E-state index contributed by atoms with van der Waals surface area (Å²) >= 11 is 6.68. The van der Waals surface area contributed by atoms with Gasteiger partial charge in [-0.05, 0) is 26.3 Å². The van der Waals surface area contributed by atoms with Crippen molar-refractivity contribution >= 4 is 17.5 Å². The van der Waals surface area contributed by atoms with Gasteiger partial charge in [0.25, 0.3) is 0 Å². The Hall–Kier alpha value is -1.89. The number of hydrogen-bond donors (Lipinski definition) is 0. The Balaban J connectivity index is 1.55. The van der Waals surface area contributed by atoms with Crippen LogP contribution in [0.1, 0.15) is 30.7 Å². The van der Waals surface area contributed by atoms with Gasteiger partial charge in [0.05, 0.1) is 18.8 Å². The van der Waals surface area contributed by atoms with E-state index in [0.29, 0.717) is 13.1 Å². The fraction of sp³-hybridized carbons (Fsp3) is 0.545. The summed E-state index contributed by atoms with van der Waals surface area (Å²) in [4.78, 5) is 18.9. The second kappa shape index (κ2) is 10.2. The summed E-state index contributed by atoms with van der Waals surface area (Å²) in [5, 5.41) is 5.39. The summed E-state index contributed by atoms with van der Waals surface area (Å²) in [7, 11) is 0. The number of carbonyl (C=O) groups excluding carboxylic acids is 1. The second-order valence-electron chi connectivity index (χ2n) is 7.62. The van der Waals surface area contributed by atoms with E-state index in [2.05, 4.69) is 27.0 Å². The SMILES string of the molecule is CCN(CC)C(=O)CN1CCN(Cc2c(C)nn(Cc3ccccc3)c2Cl)CC1. The third-order valence-corrected chi connectivity index (χ3v) is 6.10. The van der Waals surface area contributed by atoms with E-state index < -0.39 is 0 Å². The lowest BCUT2D eigenvalue weighted by molar-refractivity contribution is -0.132. The molecule has 3 rings (SSSR count). The van der Waals surface area contributed by atoms with Crippen molar-refractivity contribution in [3.8, 4) is 0 Å². The van der Waals surface area contributed by atoms with Crippen LogP contribution in [0.15, 0.2) is 30.3 Å². The molecule has 158 valence electrons. The van der Waals surface area contributed by atoms with Crippen molar-refractivity contribution in [2.75, 3.05) is 45.8 Å². The van der Waals surface area contributed by atoms with Gasteiger partial charge in [-0.1, -0.05) is 41.9 Å². The lowest BCUT2D eigenvalue weighted by Gasteiger charge is -2.35. The van der Waals surface area contributed by atoms with Gasteiger partial charge < -0.3 is 4.90 Å². The molecule has 2 aromatic rings. The average Bonchev–Trinajstić information content (AvgIpc) is 2.98. The number of aromatic nitrogens is 2. The minimum Gasteiger partial charge on any atom is -0.342 e. The van der Waals surface area contributed by atoms with E-state index in [1.54, 1.807) is 0 Å². The first-order valence-electron chi connectivity index (χ1n) is 10.5. The smallest absolute Gasteiger partial charge is 0.236 e. The highest BCUT2D eigenvalue weighted by atomic mass is 35.5. The van der Waals surface area contributed by atoms with Crippen LogP contribution < -0.4 is 0 Å². The fourth-order valence-corrected chi connectivity index (χ4v) is 4.12. The maximum Gasteiger partial charge on any atom is 0.236 e. The Kier molecular flexibility index (Phi) is 7.70. The Morgan fingerprint density at radius 1 is 1.03 bits per heavy atom. The standard InChI is InChI=1S/C22H32ClN5O/c1-4-27(5-2)21(29)17-26-13-11-25(12-14-26)16-20-18(3)24-28(22(20)23)15-19-9-7-6-8-10-19/h6-10H,4-5,11-17H2,1-3H3. The number of amides is 1. The number of likely N-dealkylation sites (N-methyl/N-ethyl adjacent to an activating group) is 1. The van der Waals surface area contributed by atoms with Crippen LogP contribution in [-0.2, 0) is 17.9 Å². The van der Waals surface area contributed by atoms with Crippen LogP contribution in [0.25, 0.3) is 0 Å². The van der Waals surface area contributed by atoms with Gasteiger partial charge in [0, 0.05) is 51.4 Å². The first-order chi connectivity index (χ1) is 14.0. The predicted molar refractivity (Wildman–Crippen MR) is 117 cm³/mol. The third kappa shape index (κ3) is 5.59. The molecule has 7 heteroatoms. The van der Waals surface area contributed by atoms with Gasteiger partial charge in [-0.25, -0.2) is 4.68 Å². The number of carbonyl (C=O) groups is 1. The van der Waals surface area contributed by atoms with Crippen molar-refractivity contribution in [2.24, 2.45) is 0 Å². The molecule has 0 radical (unpaired) electrons. The Morgan fingerprint density at radius 3 is 2.28 bits per heavy atom. The van der Waals surface area contributed by atoms with E-state index in [0.717, 1.165) is 62.2 Å². The molecule has 0 bridgehead atoms. The largest absolute Gasteiger partial charge is 0.342 e. The van der Waals surface area contributed by atoms with Gasteiger partial charge in [0.1, 0.15) is 5.15 Å².